The summed E-state index contributed by atoms with van der Waals surface area (Å²) >= 11 is 1.17. The molecule has 8 heteroatoms. The van der Waals surface area contributed by atoms with Crippen molar-refractivity contribution in [1.82, 2.24) is 4.98 Å². The number of esters is 1. The summed E-state index contributed by atoms with van der Waals surface area (Å²) in [6, 6.07) is 13.2. The van der Waals surface area contributed by atoms with Gasteiger partial charge in [-0.3, -0.25) is 14.5 Å². The molecule has 29 heavy (non-hydrogen) atoms. The molecule has 0 radical (unpaired) electrons. The summed E-state index contributed by atoms with van der Waals surface area (Å²) in [7, 11) is 1.54. The Morgan fingerprint density at radius 1 is 1.14 bits per heavy atom. The third kappa shape index (κ3) is 4.97. The summed E-state index contributed by atoms with van der Waals surface area (Å²) in [4.78, 5) is 29.7. The summed E-state index contributed by atoms with van der Waals surface area (Å²) < 4.78 is 24.6. The highest BCUT2D eigenvalue weighted by Crippen LogP contribution is 2.31. The van der Waals surface area contributed by atoms with Crippen LogP contribution in [0.3, 0.4) is 0 Å². The smallest absolute Gasteiger partial charge is 0.310 e. The lowest BCUT2D eigenvalue weighted by Crippen LogP contribution is -2.23. The van der Waals surface area contributed by atoms with Gasteiger partial charge in [0, 0.05) is 17.9 Å². The maximum Gasteiger partial charge on any atom is 0.310 e. The second kappa shape index (κ2) is 9.29. The number of methoxy groups -OCH3 is 1. The minimum absolute atomic E-state index is 0.0481. The normalized spacial score (nSPS) is 10.4. The van der Waals surface area contributed by atoms with E-state index in [9.17, 15) is 14.0 Å². The highest BCUT2D eigenvalue weighted by atomic mass is 32.1. The fourth-order valence-corrected chi connectivity index (χ4v) is 3.58. The number of nitrogens with zero attached hydrogens (tertiary/aromatic N) is 2. The Balaban J connectivity index is 1.67. The lowest BCUT2D eigenvalue weighted by molar-refractivity contribution is -0.144. The topological polar surface area (TPSA) is 68.7 Å². The van der Waals surface area contributed by atoms with Gasteiger partial charge in [0.25, 0.3) is 0 Å². The number of aromatic nitrogens is 1. The van der Waals surface area contributed by atoms with Gasteiger partial charge in [0.1, 0.15) is 18.2 Å². The number of carbonyl (C=O) groups is 2. The Bertz CT molecular complexity index is 1020. The Labute approximate surface area is 171 Å². The third-order valence-corrected chi connectivity index (χ3v) is 4.92. The molecule has 0 saturated heterocycles. The first-order chi connectivity index (χ1) is 14.0. The summed E-state index contributed by atoms with van der Waals surface area (Å²) in [6.07, 6.45) is 0.0653. The molecule has 0 saturated carbocycles. The van der Waals surface area contributed by atoms with E-state index in [0.29, 0.717) is 16.6 Å². The van der Waals surface area contributed by atoms with Crippen LogP contribution in [0.25, 0.3) is 0 Å². The molecule has 2 aromatic carbocycles. The van der Waals surface area contributed by atoms with Crippen molar-refractivity contribution in [2.24, 2.45) is 0 Å². The first kappa shape index (κ1) is 20.5. The molecule has 3 rings (SSSR count). The Morgan fingerprint density at radius 3 is 2.59 bits per heavy atom. The molecule has 0 spiro atoms. The quantitative estimate of drug-likeness (QED) is 0.541. The first-order valence-electron chi connectivity index (χ1n) is 8.76. The molecule has 0 aliphatic carbocycles. The molecule has 1 heterocycles. The van der Waals surface area contributed by atoms with Gasteiger partial charge in [-0.05, 0) is 18.2 Å². The van der Waals surface area contributed by atoms with Gasteiger partial charge in [0.2, 0.25) is 5.91 Å². The lowest BCUT2D eigenvalue weighted by Gasteiger charge is -2.18. The van der Waals surface area contributed by atoms with Gasteiger partial charge in [0.05, 0.1) is 24.9 Å². The predicted octanol–water partition coefficient (Wildman–Crippen LogP) is 4.26. The molecule has 0 unspecified atom stereocenters. The summed E-state index contributed by atoms with van der Waals surface area (Å²) in [5, 5.41) is 1.97. The number of amides is 1. The highest BCUT2D eigenvalue weighted by molar-refractivity contribution is 7.14. The number of halogens is 1. The first-order valence-corrected chi connectivity index (χ1v) is 9.64. The number of carbonyl (C=O) groups excluding carboxylic acids is 2. The van der Waals surface area contributed by atoms with Crippen LogP contribution < -0.4 is 9.64 Å². The van der Waals surface area contributed by atoms with Crippen molar-refractivity contribution >= 4 is 34.0 Å². The standard InChI is InChI=1S/C21H19FN2O4S/c1-14(25)24(18-9-5-4-8-17(18)22)21-23-16(13-29-21)12-28-20(26)11-15-7-3-6-10-19(15)27-2/h3-10,13H,11-12H2,1-2H3. The lowest BCUT2D eigenvalue weighted by atomic mass is 10.1. The molecule has 1 aromatic heterocycles. The maximum absolute atomic E-state index is 14.1. The number of hydrogen-bond donors (Lipinski definition) is 0. The van der Waals surface area contributed by atoms with Crippen LogP contribution in [0, 0.1) is 5.82 Å². The largest absolute Gasteiger partial charge is 0.496 e. The number of benzene rings is 2. The van der Waals surface area contributed by atoms with E-state index >= 15 is 0 Å². The molecule has 0 aliphatic rings. The molecule has 150 valence electrons. The van der Waals surface area contributed by atoms with Gasteiger partial charge in [-0.1, -0.05) is 30.3 Å². The van der Waals surface area contributed by atoms with Crippen LogP contribution in [0.5, 0.6) is 5.75 Å². The summed E-state index contributed by atoms with van der Waals surface area (Å²) in [6.45, 7) is 1.29. The van der Waals surface area contributed by atoms with Crippen molar-refractivity contribution in [3.05, 3.63) is 71.0 Å². The monoisotopic (exact) mass is 414 g/mol. The molecule has 0 N–H and O–H groups in total. The van der Waals surface area contributed by atoms with E-state index < -0.39 is 11.8 Å². The Kier molecular flexibility index (Phi) is 6.56. The van der Waals surface area contributed by atoms with E-state index in [-0.39, 0.29) is 24.6 Å². The van der Waals surface area contributed by atoms with Crippen LogP contribution in [-0.2, 0) is 27.4 Å². The molecule has 0 fully saturated rings. The van der Waals surface area contributed by atoms with Crippen LogP contribution >= 0.6 is 11.3 Å². The second-order valence-electron chi connectivity index (χ2n) is 6.08. The maximum atomic E-state index is 14.1. The molecular formula is C21H19FN2O4S. The highest BCUT2D eigenvalue weighted by Gasteiger charge is 2.21. The van der Waals surface area contributed by atoms with Crippen molar-refractivity contribution in [1.29, 1.82) is 0 Å². The van der Waals surface area contributed by atoms with E-state index in [0.717, 1.165) is 5.56 Å². The van der Waals surface area contributed by atoms with Crippen LogP contribution in [0.15, 0.2) is 53.9 Å². The van der Waals surface area contributed by atoms with Gasteiger partial charge < -0.3 is 9.47 Å². The zero-order valence-electron chi connectivity index (χ0n) is 15.9. The van der Waals surface area contributed by atoms with E-state index in [2.05, 4.69) is 4.98 Å². The number of thiazole rings is 1. The molecule has 1 amide bonds. The average Bonchev–Trinajstić information content (AvgIpc) is 3.17. The molecular weight excluding hydrogens is 395 g/mol. The van der Waals surface area contributed by atoms with E-state index in [4.69, 9.17) is 9.47 Å². The van der Waals surface area contributed by atoms with Crippen molar-refractivity contribution in [2.45, 2.75) is 20.0 Å². The summed E-state index contributed by atoms with van der Waals surface area (Å²) in [5.41, 5.74) is 1.32. The third-order valence-electron chi connectivity index (χ3n) is 4.05. The van der Waals surface area contributed by atoms with E-state index in [1.54, 1.807) is 29.6 Å². The number of rotatable bonds is 7. The minimum Gasteiger partial charge on any atom is -0.496 e. The van der Waals surface area contributed by atoms with Gasteiger partial charge >= 0.3 is 5.97 Å². The second-order valence-corrected chi connectivity index (χ2v) is 6.91. The fraction of sp³-hybridized carbons (Fsp3) is 0.190. The van der Waals surface area contributed by atoms with Gasteiger partial charge in [0.15, 0.2) is 5.13 Å². The number of anilines is 2. The number of para-hydroxylation sites is 2. The zero-order valence-corrected chi connectivity index (χ0v) is 16.7. The molecule has 0 bridgehead atoms. The van der Waals surface area contributed by atoms with Crippen LogP contribution in [0.1, 0.15) is 18.2 Å². The average molecular weight is 414 g/mol. The number of hydrogen-bond acceptors (Lipinski definition) is 6. The van der Waals surface area contributed by atoms with Crippen molar-refractivity contribution < 1.29 is 23.5 Å². The van der Waals surface area contributed by atoms with Gasteiger partial charge in [-0.15, -0.1) is 11.3 Å². The molecule has 6 nitrogen and oxygen atoms in total. The van der Waals surface area contributed by atoms with Crippen molar-refractivity contribution in [3.8, 4) is 5.75 Å². The fourth-order valence-electron chi connectivity index (χ4n) is 2.72. The molecule has 3 aromatic rings. The van der Waals surface area contributed by atoms with E-state index in [1.807, 2.05) is 12.1 Å². The minimum atomic E-state index is -0.525. The van der Waals surface area contributed by atoms with Gasteiger partial charge in [-0.2, -0.15) is 0 Å². The van der Waals surface area contributed by atoms with Crippen LogP contribution in [-0.4, -0.2) is 24.0 Å². The Hall–Kier alpha value is -3.26. The molecule has 0 atom stereocenters. The van der Waals surface area contributed by atoms with Crippen LogP contribution in [0.4, 0.5) is 15.2 Å². The molecule has 0 aliphatic heterocycles. The van der Waals surface area contributed by atoms with Crippen molar-refractivity contribution in [2.75, 3.05) is 12.0 Å². The SMILES string of the molecule is COc1ccccc1CC(=O)OCc1csc(N(C(C)=O)c2ccccc2F)n1. The van der Waals surface area contributed by atoms with Crippen molar-refractivity contribution in [3.63, 3.8) is 0 Å². The predicted molar refractivity (Wildman–Crippen MR) is 108 cm³/mol. The summed E-state index contributed by atoms with van der Waals surface area (Å²) in [5.74, 6) is -0.712. The van der Waals surface area contributed by atoms with E-state index in [1.165, 1.54) is 42.4 Å². The zero-order chi connectivity index (χ0) is 20.8. The van der Waals surface area contributed by atoms with Crippen LogP contribution in [0.2, 0.25) is 0 Å². The Morgan fingerprint density at radius 2 is 1.86 bits per heavy atom. The van der Waals surface area contributed by atoms with Gasteiger partial charge in [-0.25, -0.2) is 9.37 Å². The number of ether oxygens (including phenoxy) is 2.